The van der Waals surface area contributed by atoms with E-state index in [9.17, 15) is 9.90 Å². The standard InChI is InChI=1S/C16H17NO3/c1-11(18)12-3-7-14(8-4-12)17-16(19)13-5-9-15(20-2)10-6-13/h3-11,18H,1-2H3,(H,17,19)/t11-/m1/s1. The summed E-state index contributed by atoms with van der Waals surface area (Å²) in [6.45, 7) is 1.70. The largest absolute Gasteiger partial charge is 0.497 e. The van der Waals surface area contributed by atoms with Crippen molar-refractivity contribution in [2.24, 2.45) is 0 Å². The molecule has 2 rings (SSSR count). The van der Waals surface area contributed by atoms with Gasteiger partial charge in [0.25, 0.3) is 5.91 Å². The Hall–Kier alpha value is -2.33. The van der Waals surface area contributed by atoms with E-state index in [1.54, 1.807) is 62.6 Å². The highest BCUT2D eigenvalue weighted by atomic mass is 16.5. The maximum Gasteiger partial charge on any atom is 0.255 e. The molecule has 104 valence electrons. The molecule has 0 spiro atoms. The van der Waals surface area contributed by atoms with Crippen LogP contribution in [0.5, 0.6) is 5.75 Å². The Labute approximate surface area is 118 Å². The van der Waals surface area contributed by atoms with E-state index in [1.807, 2.05) is 0 Å². The van der Waals surface area contributed by atoms with Crippen molar-refractivity contribution in [1.29, 1.82) is 0 Å². The highest BCUT2D eigenvalue weighted by molar-refractivity contribution is 6.04. The number of aliphatic hydroxyl groups is 1. The minimum absolute atomic E-state index is 0.183. The molecule has 0 heterocycles. The molecule has 0 saturated heterocycles. The summed E-state index contributed by atoms with van der Waals surface area (Å²) in [5.74, 6) is 0.528. The molecule has 0 aliphatic rings. The normalized spacial score (nSPS) is 11.8. The number of nitrogens with one attached hydrogen (secondary N) is 1. The highest BCUT2D eigenvalue weighted by Crippen LogP contribution is 2.17. The molecule has 1 amide bonds. The van der Waals surface area contributed by atoms with Crippen LogP contribution in [-0.2, 0) is 0 Å². The Morgan fingerprint density at radius 1 is 1.10 bits per heavy atom. The average molecular weight is 271 g/mol. The van der Waals surface area contributed by atoms with Crippen LogP contribution >= 0.6 is 0 Å². The van der Waals surface area contributed by atoms with Crippen molar-refractivity contribution < 1.29 is 14.6 Å². The van der Waals surface area contributed by atoms with Gasteiger partial charge in [-0.15, -0.1) is 0 Å². The van der Waals surface area contributed by atoms with Crippen molar-refractivity contribution in [3.8, 4) is 5.75 Å². The minimum atomic E-state index is -0.513. The van der Waals surface area contributed by atoms with Crippen molar-refractivity contribution in [3.05, 3.63) is 59.7 Å². The molecule has 4 heteroatoms. The first kappa shape index (κ1) is 14.1. The van der Waals surface area contributed by atoms with Gasteiger partial charge < -0.3 is 15.2 Å². The second-order valence-corrected chi connectivity index (χ2v) is 4.48. The van der Waals surface area contributed by atoms with Gasteiger partial charge in [-0.3, -0.25) is 4.79 Å². The lowest BCUT2D eigenvalue weighted by atomic mass is 10.1. The second-order valence-electron chi connectivity index (χ2n) is 4.48. The third-order valence-corrected chi connectivity index (χ3v) is 3.00. The lowest BCUT2D eigenvalue weighted by molar-refractivity contribution is 0.102. The number of ether oxygens (including phenoxy) is 1. The molecule has 0 aromatic heterocycles. The summed E-state index contributed by atoms with van der Waals surface area (Å²) in [5.41, 5.74) is 2.06. The third-order valence-electron chi connectivity index (χ3n) is 3.00. The van der Waals surface area contributed by atoms with Crippen molar-refractivity contribution in [1.82, 2.24) is 0 Å². The van der Waals surface area contributed by atoms with E-state index in [1.165, 1.54) is 0 Å². The van der Waals surface area contributed by atoms with E-state index in [2.05, 4.69) is 5.32 Å². The van der Waals surface area contributed by atoms with Gasteiger partial charge in [-0.25, -0.2) is 0 Å². The van der Waals surface area contributed by atoms with E-state index in [0.29, 0.717) is 17.0 Å². The SMILES string of the molecule is COc1ccc(C(=O)Nc2ccc([C@@H](C)O)cc2)cc1. The Kier molecular flexibility index (Phi) is 4.38. The summed E-state index contributed by atoms with van der Waals surface area (Å²) in [6.07, 6.45) is -0.513. The molecule has 0 unspecified atom stereocenters. The van der Waals surface area contributed by atoms with Crippen molar-refractivity contribution >= 4 is 11.6 Å². The zero-order valence-corrected chi connectivity index (χ0v) is 11.5. The fourth-order valence-electron chi connectivity index (χ4n) is 1.79. The lowest BCUT2D eigenvalue weighted by Gasteiger charge is -2.08. The van der Waals surface area contributed by atoms with Crippen LogP contribution in [0.15, 0.2) is 48.5 Å². The summed E-state index contributed by atoms with van der Waals surface area (Å²) in [4.78, 5) is 12.0. The zero-order chi connectivity index (χ0) is 14.5. The summed E-state index contributed by atoms with van der Waals surface area (Å²) in [6, 6.07) is 14.0. The first-order valence-corrected chi connectivity index (χ1v) is 6.33. The number of aliphatic hydroxyl groups excluding tert-OH is 1. The van der Waals surface area contributed by atoms with Crippen LogP contribution in [0.2, 0.25) is 0 Å². The average Bonchev–Trinajstić information content (AvgIpc) is 2.48. The Bertz CT molecular complexity index is 574. The number of amides is 1. The maximum atomic E-state index is 12.0. The maximum absolute atomic E-state index is 12.0. The lowest BCUT2D eigenvalue weighted by Crippen LogP contribution is -2.11. The predicted molar refractivity (Wildman–Crippen MR) is 78.0 cm³/mol. The number of hydrogen-bond donors (Lipinski definition) is 2. The van der Waals surface area contributed by atoms with Crippen molar-refractivity contribution in [2.75, 3.05) is 12.4 Å². The molecule has 20 heavy (non-hydrogen) atoms. The van der Waals surface area contributed by atoms with Crippen molar-refractivity contribution in [3.63, 3.8) is 0 Å². The van der Waals surface area contributed by atoms with Gasteiger partial charge in [0, 0.05) is 11.3 Å². The van der Waals surface area contributed by atoms with Gasteiger partial charge in [0.1, 0.15) is 5.75 Å². The number of carbonyl (C=O) groups is 1. The Morgan fingerprint density at radius 3 is 2.20 bits per heavy atom. The molecular weight excluding hydrogens is 254 g/mol. The summed E-state index contributed by atoms with van der Waals surface area (Å²) in [7, 11) is 1.58. The molecule has 0 radical (unpaired) electrons. The van der Waals surface area contributed by atoms with Crippen LogP contribution in [0.1, 0.15) is 28.9 Å². The van der Waals surface area contributed by atoms with E-state index in [0.717, 1.165) is 5.56 Å². The Morgan fingerprint density at radius 2 is 1.70 bits per heavy atom. The van der Waals surface area contributed by atoms with Gasteiger partial charge in [0.05, 0.1) is 13.2 Å². The minimum Gasteiger partial charge on any atom is -0.497 e. The van der Waals surface area contributed by atoms with Crippen LogP contribution < -0.4 is 10.1 Å². The van der Waals surface area contributed by atoms with E-state index in [4.69, 9.17) is 4.74 Å². The van der Waals surface area contributed by atoms with Gasteiger partial charge in [0.15, 0.2) is 0 Å². The number of carbonyl (C=O) groups excluding carboxylic acids is 1. The van der Waals surface area contributed by atoms with Gasteiger partial charge >= 0.3 is 0 Å². The molecule has 2 N–H and O–H groups in total. The molecule has 0 aliphatic carbocycles. The van der Waals surface area contributed by atoms with Crippen LogP contribution in [-0.4, -0.2) is 18.1 Å². The highest BCUT2D eigenvalue weighted by Gasteiger charge is 2.07. The van der Waals surface area contributed by atoms with Gasteiger partial charge in [-0.05, 0) is 48.9 Å². The monoisotopic (exact) mass is 271 g/mol. The zero-order valence-electron chi connectivity index (χ0n) is 11.5. The second kappa shape index (κ2) is 6.21. The smallest absolute Gasteiger partial charge is 0.255 e. The molecule has 2 aromatic rings. The fourth-order valence-corrected chi connectivity index (χ4v) is 1.79. The third kappa shape index (κ3) is 3.36. The molecule has 4 nitrogen and oxygen atoms in total. The van der Waals surface area contributed by atoms with Gasteiger partial charge in [-0.2, -0.15) is 0 Å². The number of benzene rings is 2. The van der Waals surface area contributed by atoms with Gasteiger partial charge in [0.2, 0.25) is 0 Å². The summed E-state index contributed by atoms with van der Waals surface area (Å²) in [5, 5.41) is 12.2. The molecule has 0 bridgehead atoms. The molecule has 0 fully saturated rings. The molecule has 0 saturated carbocycles. The van der Waals surface area contributed by atoms with E-state index < -0.39 is 6.10 Å². The number of rotatable bonds is 4. The predicted octanol–water partition coefficient (Wildman–Crippen LogP) is 3.00. The molecule has 2 aromatic carbocycles. The first-order valence-electron chi connectivity index (χ1n) is 6.33. The topological polar surface area (TPSA) is 58.6 Å². The van der Waals surface area contributed by atoms with E-state index in [-0.39, 0.29) is 5.91 Å². The van der Waals surface area contributed by atoms with Crippen LogP contribution in [0.3, 0.4) is 0 Å². The van der Waals surface area contributed by atoms with Crippen LogP contribution in [0.4, 0.5) is 5.69 Å². The fraction of sp³-hybridized carbons (Fsp3) is 0.188. The molecule has 1 atom stereocenters. The van der Waals surface area contributed by atoms with Crippen LogP contribution in [0, 0.1) is 0 Å². The van der Waals surface area contributed by atoms with Crippen molar-refractivity contribution in [2.45, 2.75) is 13.0 Å². The molecule has 0 aliphatic heterocycles. The number of hydrogen-bond acceptors (Lipinski definition) is 3. The Balaban J connectivity index is 2.06. The number of anilines is 1. The van der Waals surface area contributed by atoms with E-state index >= 15 is 0 Å². The molecular formula is C16H17NO3. The first-order chi connectivity index (χ1) is 9.60. The number of methoxy groups -OCH3 is 1. The summed E-state index contributed by atoms with van der Waals surface area (Å²) < 4.78 is 5.05. The quantitative estimate of drug-likeness (QED) is 0.898. The van der Waals surface area contributed by atoms with Gasteiger partial charge in [-0.1, -0.05) is 12.1 Å². The summed E-state index contributed by atoms with van der Waals surface area (Å²) >= 11 is 0. The van der Waals surface area contributed by atoms with Crippen LogP contribution in [0.25, 0.3) is 0 Å².